The van der Waals surface area contributed by atoms with Gasteiger partial charge in [0.15, 0.2) is 0 Å². The van der Waals surface area contributed by atoms with Crippen molar-refractivity contribution < 1.29 is 0 Å². The number of hydrogen-bond donors (Lipinski definition) is 1. The molecule has 0 aromatic carbocycles. The van der Waals surface area contributed by atoms with Gasteiger partial charge in [-0.1, -0.05) is 13.8 Å². The van der Waals surface area contributed by atoms with Gasteiger partial charge in [-0.25, -0.2) is 4.98 Å². The van der Waals surface area contributed by atoms with Gasteiger partial charge >= 0.3 is 0 Å². The zero-order chi connectivity index (χ0) is 9.42. The lowest BCUT2D eigenvalue weighted by molar-refractivity contribution is 0.454. The first-order valence-electron chi connectivity index (χ1n) is 4.98. The highest BCUT2D eigenvalue weighted by Gasteiger charge is 2.19. The van der Waals surface area contributed by atoms with Crippen LogP contribution in [-0.4, -0.2) is 15.6 Å². The molecule has 1 unspecified atom stereocenters. The van der Waals surface area contributed by atoms with E-state index in [9.17, 15) is 0 Å². The zero-order valence-electron chi connectivity index (χ0n) is 8.33. The lowest BCUT2D eigenvalue weighted by atomic mass is 10.1. The van der Waals surface area contributed by atoms with Gasteiger partial charge in [0, 0.05) is 36.8 Å². The molecular weight excluding hydrogens is 162 g/mol. The fourth-order valence-corrected chi connectivity index (χ4v) is 1.97. The van der Waals surface area contributed by atoms with E-state index < -0.39 is 0 Å². The van der Waals surface area contributed by atoms with E-state index in [1.54, 1.807) is 0 Å². The number of imidazole rings is 1. The molecule has 0 radical (unpaired) electrons. The van der Waals surface area contributed by atoms with Crippen LogP contribution in [0, 0.1) is 0 Å². The molecule has 0 bridgehead atoms. The first-order valence-corrected chi connectivity index (χ1v) is 4.98. The Morgan fingerprint density at radius 3 is 3.08 bits per heavy atom. The van der Waals surface area contributed by atoms with Crippen molar-refractivity contribution in [2.75, 3.05) is 0 Å². The van der Waals surface area contributed by atoms with E-state index in [1.165, 1.54) is 11.5 Å². The highest BCUT2D eigenvalue weighted by atomic mass is 15.1. The minimum Gasteiger partial charge on any atom is -0.332 e. The van der Waals surface area contributed by atoms with Crippen molar-refractivity contribution >= 4 is 0 Å². The summed E-state index contributed by atoms with van der Waals surface area (Å²) in [5.41, 5.74) is 7.20. The fourth-order valence-electron chi connectivity index (χ4n) is 1.97. The Labute approximate surface area is 79.0 Å². The fraction of sp³-hybridized carbons (Fsp3) is 0.700. The number of nitrogens with zero attached hydrogens (tertiary/aromatic N) is 2. The number of fused-ring (bicyclic) bond motifs is 1. The molecular formula is C10H17N3. The molecule has 1 aliphatic heterocycles. The van der Waals surface area contributed by atoms with Crippen LogP contribution in [0.25, 0.3) is 0 Å². The second kappa shape index (κ2) is 3.14. The van der Waals surface area contributed by atoms with Gasteiger partial charge in [0.2, 0.25) is 0 Å². The first kappa shape index (κ1) is 8.75. The van der Waals surface area contributed by atoms with Crippen molar-refractivity contribution in [3.05, 3.63) is 17.7 Å². The maximum Gasteiger partial charge on any atom is 0.111 e. The van der Waals surface area contributed by atoms with E-state index in [0.29, 0.717) is 12.0 Å². The van der Waals surface area contributed by atoms with E-state index in [0.717, 1.165) is 19.4 Å². The first-order chi connectivity index (χ1) is 6.18. The lowest BCUT2D eigenvalue weighted by Crippen LogP contribution is -2.31. The summed E-state index contributed by atoms with van der Waals surface area (Å²) in [4.78, 5) is 4.44. The third-order valence-corrected chi connectivity index (χ3v) is 2.68. The molecule has 0 fully saturated rings. The predicted octanol–water partition coefficient (Wildman–Crippen LogP) is 1.28. The summed E-state index contributed by atoms with van der Waals surface area (Å²) in [5, 5.41) is 0. The van der Waals surface area contributed by atoms with Crippen LogP contribution in [0.5, 0.6) is 0 Å². The van der Waals surface area contributed by atoms with Gasteiger partial charge in [0.05, 0.1) is 0 Å². The molecule has 3 nitrogen and oxygen atoms in total. The van der Waals surface area contributed by atoms with Gasteiger partial charge in [-0.3, -0.25) is 0 Å². The van der Waals surface area contributed by atoms with Gasteiger partial charge in [-0.2, -0.15) is 0 Å². The van der Waals surface area contributed by atoms with Gasteiger partial charge in [0.25, 0.3) is 0 Å². The second-order valence-corrected chi connectivity index (χ2v) is 4.17. The van der Waals surface area contributed by atoms with Gasteiger partial charge in [0.1, 0.15) is 5.82 Å². The van der Waals surface area contributed by atoms with Crippen LogP contribution in [0.4, 0.5) is 0 Å². The molecule has 3 heteroatoms. The molecule has 2 rings (SSSR count). The second-order valence-electron chi connectivity index (χ2n) is 4.17. The topological polar surface area (TPSA) is 43.8 Å². The summed E-state index contributed by atoms with van der Waals surface area (Å²) in [6.45, 7) is 5.41. The van der Waals surface area contributed by atoms with Crippen molar-refractivity contribution in [1.82, 2.24) is 9.55 Å². The molecule has 2 heterocycles. The minimum absolute atomic E-state index is 0.337. The molecule has 1 atom stereocenters. The Bertz CT molecular complexity index is 301. The summed E-state index contributed by atoms with van der Waals surface area (Å²) in [6, 6.07) is 0.337. The highest BCUT2D eigenvalue weighted by Crippen LogP contribution is 2.20. The van der Waals surface area contributed by atoms with E-state index in [2.05, 4.69) is 23.4 Å². The Morgan fingerprint density at radius 1 is 1.62 bits per heavy atom. The molecule has 0 saturated carbocycles. The number of nitrogens with two attached hydrogens (primary N) is 1. The van der Waals surface area contributed by atoms with E-state index in [1.807, 2.05) is 6.20 Å². The summed E-state index contributed by atoms with van der Waals surface area (Å²) in [7, 11) is 0. The minimum atomic E-state index is 0.337. The van der Waals surface area contributed by atoms with Crippen LogP contribution < -0.4 is 5.73 Å². The summed E-state index contributed by atoms with van der Waals surface area (Å²) >= 11 is 0. The summed E-state index contributed by atoms with van der Waals surface area (Å²) in [6.07, 6.45) is 4.05. The van der Waals surface area contributed by atoms with Crippen LogP contribution >= 0.6 is 0 Å². The van der Waals surface area contributed by atoms with Crippen molar-refractivity contribution in [2.45, 2.75) is 45.2 Å². The molecule has 1 aromatic rings. The largest absolute Gasteiger partial charge is 0.332 e. The van der Waals surface area contributed by atoms with Crippen molar-refractivity contribution in [3.63, 3.8) is 0 Å². The third-order valence-electron chi connectivity index (χ3n) is 2.68. The van der Waals surface area contributed by atoms with Crippen LogP contribution in [-0.2, 0) is 13.0 Å². The SMILES string of the molecule is CC(C)c1ncc2n1CCC(N)C2. The smallest absolute Gasteiger partial charge is 0.111 e. The predicted molar refractivity (Wildman–Crippen MR) is 52.6 cm³/mol. The Morgan fingerprint density at radius 2 is 2.38 bits per heavy atom. The van der Waals surface area contributed by atoms with Crippen LogP contribution in [0.1, 0.15) is 37.7 Å². The monoisotopic (exact) mass is 179 g/mol. The van der Waals surface area contributed by atoms with E-state index >= 15 is 0 Å². The third kappa shape index (κ3) is 1.48. The molecule has 1 aliphatic rings. The number of rotatable bonds is 1. The number of aromatic nitrogens is 2. The van der Waals surface area contributed by atoms with E-state index in [-0.39, 0.29) is 0 Å². The molecule has 13 heavy (non-hydrogen) atoms. The molecule has 2 N–H and O–H groups in total. The average molecular weight is 179 g/mol. The van der Waals surface area contributed by atoms with Crippen molar-refractivity contribution in [2.24, 2.45) is 5.73 Å². The summed E-state index contributed by atoms with van der Waals surface area (Å²) in [5.74, 6) is 1.73. The molecule has 72 valence electrons. The summed E-state index contributed by atoms with van der Waals surface area (Å²) < 4.78 is 2.33. The van der Waals surface area contributed by atoms with Crippen LogP contribution in [0.3, 0.4) is 0 Å². The number of hydrogen-bond acceptors (Lipinski definition) is 2. The van der Waals surface area contributed by atoms with Crippen molar-refractivity contribution in [3.8, 4) is 0 Å². The Kier molecular flexibility index (Phi) is 2.12. The molecule has 0 amide bonds. The van der Waals surface area contributed by atoms with Gasteiger partial charge in [-0.05, 0) is 6.42 Å². The molecule has 1 aromatic heterocycles. The van der Waals surface area contributed by atoms with Crippen molar-refractivity contribution in [1.29, 1.82) is 0 Å². The molecule has 0 saturated heterocycles. The van der Waals surface area contributed by atoms with Gasteiger partial charge < -0.3 is 10.3 Å². The van der Waals surface area contributed by atoms with Crippen LogP contribution in [0.2, 0.25) is 0 Å². The molecule has 0 spiro atoms. The van der Waals surface area contributed by atoms with Gasteiger partial charge in [-0.15, -0.1) is 0 Å². The quantitative estimate of drug-likeness (QED) is 0.705. The maximum absolute atomic E-state index is 5.89. The average Bonchev–Trinajstić information content (AvgIpc) is 2.46. The standard InChI is InChI=1S/C10H17N3/c1-7(2)10-12-6-9-5-8(11)3-4-13(9)10/h6-8H,3-5,11H2,1-2H3. The zero-order valence-corrected chi connectivity index (χ0v) is 8.33. The molecule has 0 aliphatic carbocycles. The normalized spacial score (nSPS) is 22.0. The lowest BCUT2D eigenvalue weighted by Gasteiger charge is -2.22. The highest BCUT2D eigenvalue weighted by molar-refractivity contribution is 5.12. The Balaban J connectivity index is 2.33. The van der Waals surface area contributed by atoms with E-state index in [4.69, 9.17) is 5.73 Å². The Hall–Kier alpha value is -0.830. The maximum atomic E-state index is 5.89. The van der Waals surface area contributed by atoms with Crippen LogP contribution in [0.15, 0.2) is 6.20 Å².